The standard InChI is InChI=1S/C16H25FN2/c1-12(18)16-14(17)9-6-10-15(16)19(2)11-13-7-4-3-5-8-13/h6,9-10,12-13H,3-5,7-8,11,18H2,1-2H3/t12-/m1/s1. The van der Waals surface area contributed by atoms with Crippen molar-refractivity contribution in [2.45, 2.75) is 45.1 Å². The second-order valence-corrected chi connectivity index (χ2v) is 5.85. The van der Waals surface area contributed by atoms with Crippen molar-refractivity contribution in [2.24, 2.45) is 11.7 Å². The molecule has 1 aliphatic carbocycles. The van der Waals surface area contributed by atoms with E-state index in [2.05, 4.69) is 11.9 Å². The van der Waals surface area contributed by atoms with E-state index in [-0.39, 0.29) is 11.9 Å². The Bertz CT molecular complexity index is 411. The Hall–Kier alpha value is -1.09. The SMILES string of the molecule is C[C@@H](N)c1c(F)cccc1N(C)CC1CCCCC1. The number of anilines is 1. The lowest BCUT2D eigenvalue weighted by atomic mass is 9.89. The first-order valence-electron chi connectivity index (χ1n) is 7.34. The van der Waals surface area contributed by atoms with Crippen LogP contribution >= 0.6 is 0 Å². The molecule has 0 saturated heterocycles. The molecule has 0 aromatic heterocycles. The zero-order valence-electron chi connectivity index (χ0n) is 12.0. The van der Waals surface area contributed by atoms with E-state index >= 15 is 0 Å². The van der Waals surface area contributed by atoms with Gasteiger partial charge < -0.3 is 10.6 Å². The van der Waals surface area contributed by atoms with Crippen LogP contribution in [0.3, 0.4) is 0 Å². The maximum atomic E-state index is 13.9. The van der Waals surface area contributed by atoms with Gasteiger partial charge in [-0.2, -0.15) is 0 Å². The van der Waals surface area contributed by atoms with Crippen LogP contribution in [0.5, 0.6) is 0 Å². The molecule has 1 saturated carbocycles. The van der Waals surface area contributed by atoms with Gasteiger partial charge in [0.2, 0.25) is 0 Å². The molecular weight excluding hydrogens is 239 g/mol. The van der Waals surface area contributed by atoms with Gasteiger partial charge in [-0.05, 0) is 37.8 Å². The molecule has 0 heterocycles. The van der Waals surface area contributed by atoms with Gasteiger partial charge in [-0.3, -0.25) is 0 Å². The van der Waals surface area contributed by atoms with Crippen molar-refractivity contribution in [1.82, 2.24) is 0 Å². The van der Waals surface area contributed by atoms with Gasteiger partial charge in [0, 0.05) is 30.9 Å². The second kappa shape index (κ2) is 6.38. The highest BCUT2D eigenvalue weighted by Crippen LogP contribution is 2.30. The minimum Gasteiger partial charge on any atom is -0.374 e. The Balaban J connectivity index is 2.13. The van der Waals surface area contributed by atoms with Gasteiger partial charge in [0.05, 0.1) is 0 Å². The molecule has 19 heavy (non-hydrogen) atoms. The summed E-state index contributed by atoms with van der Waals surface area (Å²) in [6.45, 7) is 2.85. The number of benzene rings is 1. The summed E-state index contributed by atoms with van der Waals surface area (Å²) in [5, 5.41) is 0. The summed E-state index contributed by atoms with van der Waals surface area (Å²) in [5.41, 5.74) is 7.50. The quantitative estimate of drug-likeness (QED) is 0.894. The van der Waals surface area contributed by atoms with E-state index in [4.69, 9.17) is 5.73 Å². The monoisotopic (exact) mass is 264 g/mol. The minimum absolute atomic E-state index is 0.192. The average Bonchev–Trinajstić information content (AvgIpc) is 2.39. The van der Waals surface area contributed by atoms with Gasteiger partial charge in [-0.15, -0.1) is 0 Å². The first kappa shape index (κ1) is 14.3. The molecule has 0 bridgehead atoms. The third kappa shape index (κ3) is 3.47. The zero-order chi connectivity index (χ0) is 13.8. The topological polar surface area (TPSA) is 29.3 Å². The van der Waals surface area contributed by atoms with Crippen LogP contribution in [0.25, 0.3) is 0 Å². The smallest absolute Gasteiger partial charge is 0.130 e. The van der Waals surface area contributed by atoms with Crippen LogP contribution < -0.4 is 10.6 Å². The van der Waals surface area contributed by atoms with Crippen LogP contribution in [-0.2, 0) is 0 Å². The highest BCUT2D eigenvalue weighted by atomic mass is 19.1. The van der Waals surface area contributed by atoms with Crippen molar-refractivity contribution in [3.8, 4) is 0 Å². The van der Waals surface area contributed by atoms with Crippen molar-refractivity contribution >= 4 is 5.69 Å². The molecule has 0 aliphatic heterocycles. The molecule has 1 aliphatic rings. The largest absolute Gasteiger partial charge is 0.374 e. The van der Waals surface area contributed by atoms with Crippen molar-refractivity contribution < 1.29 is 4.39 Å². The summed E-state index contributed by atoms with van der Waals surface area (Å²) in [6, 6.07) is 4.97. The Morgan fingerprint density at radius 2 is 2.00 bits per heavy atom. The number of rotatable bonds is 4. The van der Waals surface area contributed by atoms with Crippen LogP contribution in [0.1, 0.15) is 50.6 Å². The fourth-order valence-corrected chi connectivity index (χ4v) is 3.16. The van der Waals surface area contributed by atoms with E-state index in [1.54, 1.807) is 6.07 Å². The van der Waals surface area contributed by atoms with Crippen LogP contribution in [0.4, 0.5) is 10.1 Å². The number of halogens is 1. The fraction of sp³-hybridized carbons (Fsp3) is 0.625. The van der Waals surface area contributed by atoms with Crippen molar-refractivity contribution in [1.29, 1.82) is 0 Å². The van der Waals surface area contributed by atoms with Crippen molar-refractivity contribution in [2.75, 3.05) is 18.5 Å². The molecular formula is C16H25FN2. The molecule has 2 rings (SSSR count). The average molecular weight is 264 g/mol. The molecule has 0 unspecified atom stereocenters. The summed E-state index contributed by atoms with van der Waals surface area (Å²) >= 11 is 0. The van der Waals surface area contributed by atoms with E-state index in [0.29, 0.717) is 5.56 Å². The van der Waals surface area contributed by atoms with Gasteiger partial charge in [0.15, 0.2) is 0 Å². The van der Waals surface area contributed by atoms with Gasteiger partial charge >= 0.3 is 0 Å². The normalized spacial score (nSPS) is 18.3. The first-order valence-corrected chi connectivity index (χ1v) is 7.34. The molecule has 3 heteroatoms. The van der Waals surface area contributed by atoms with E-state index in [0.717, 1.165) is 18.2 Å². The van der Waals surface area contributed by atoms with E-state index in [1.165, 1.54) is 38.2 Å². The molecule has 1 atom stereocenters. The number of nitrogens with zero attached hydrogens (tertiary/aromatic N) is 1. The van der Waals surface area contributed by atoms with Gasteiger partial charge in [0.25, 0.3) is 0 Å². The predicted molar refractivity (Wildman–Crippen MR) is 78.8 cm³/mol. The molecule has 2 nitrogen and oxygen atoms in total. The Labute approximate surface area is 115 Å². The van der Waals surface area contributed by atoms with Gasteiger partial charge in [0.1, 0.15) is 5.82 Å². The number of nitrogens with two attached hydrogens (primary N) is 1. The van der Waals surface area contributed by atoms with Crippen molar-refractivity contribution in [3.63, 3.8) is 0 Å². The molecule has 0 amide bonds. The van der Waals surface area contributed by atoms with Crippen LogP contribution in [0, 0.1) is 11.7 Å². The highest BCUT2D eigenvalue weighted by molar-refractivity contribution is 5.55. The van der Waals surface area contributed by atoms with Crippen molar-refractivity contribution in [3.05, 3.63) is 29.6 Å². The first-order chi connectivity index (χ1) is 9.09. The number of hydrogen-bond acceptors (Lipinski definition) is 2. The van der Waals surface area contributed by atoms with Gasteiger partial charge in [-0.25, -0.2) is 4.39 Å². The number of hydrogen-bond donors (Lipinski definition) is 1. The molecule has 1 aromatic carbocycles. The Morgan fingerprint density at radius 1 is 1.32 bits per heavy atom. The fourth-order valence-electron chi connectivity index (χ4n) is 3.16. The molecule has 106 valence electrons. The summed E-state index contributed by atoms with van der Waals surface area (Å²) in [7, 11) is 2.05. The molecule has 0 spiro atoms. The zero-order valence-corrected chi connectivity index (χ0v) is 12.0. The lowest BCUT2D eigenvalue weighted by Crippen LogP contribution is -2.28. The van der Waals surface area contributed by atoms with Crippen LogP contribution in [0.2, 0.25) is 0 Å². The molecule has 1 fully saturated rings. The molecule has 0 radical (unpaired) electrons. The lowest BCUT2D eigenvalue weighted by Gasteiger charge is -2.30. The maximum absolute atomic E-state index is 13.9. The van der Waals surface area contributed by atoms with Crippen LogP contribution in [0.15, 0.2) is 18.2 Å². The Morgan fingerprint density at radius 3 is 2.63 bits per heavy atom. The summed E-state index contributed by atoms with van der Waals surface area (Å²) < 4.78 is 13.9. The van der Waals surface area contributed by atoms with E-state index < -0.39 is 0 Å². The highest BCUT2D eigenvalue weighted by Gasteiger charge is 2.19. The summed E-state index contributed by atoms with van der Waals surface area (Å²) in [5.74, 6) is 0.547. The second-order valence-electron chi connectivity index (χ2n) is 5.85. The van der Waals surface area contributed by atoms with E-state index in [1.807, 2.05) is 13.0 Å². The minimum atomic E-state index is -0.273. The molecule has 2 N–H and O–H groups in total. The van der Waals surface area contributed by atoms with Gasteiger partial charge in [-0.1, -0.05) is 25.3 Å². The predicted octanol–water partition coefficient (Wildman–Crippen LogP) is 3.86. The lowest BCUT2D eigenvalue weighted by molar-refractivity contribution is 0.362. The maximum Gasteiger partial charge on any atom is 0.130 e. The van der Waals surface area contributed by atoms with E-state index in [9.17, 15) is 4.39 Å². The third-order valence-electron chi connectivity index (χ3n) is 4.15. The Kier molecular flexibility index (Phi) is 4.81. The van der Waals surface area contributed by atoms with Crippen LogP contribution in [-0.4, -0.2) is 13.6 Å². The third-order valence-corrected chi connectivity index (χ3v) is 4.15. The summed E-state index contributed by atoms with van der Waals surface area (Å²) in [4.78, 5) is 2.18. The summed E-state index contributed by atoms with van der Waals surface area (Å²) in [6.07, 6.45) is 6.63. The molecule has 1 aromatic rings.